The van der Waals surface area contributed by atoms with Gasteiger partial charge in [0, 0.05) is 37.1 Å². The fourth-order valence-corrected chi connectivity index (χ4v) is 2.10. The molecule has 0 aliphatic heterocycles. The van der Waals surface area contributed by atoms with Crippen LogP contribution in [0.3, 0.4) is 0 Å². The van der Waals surface area contributed by atoms with Crippen molar-refractivity contribution in [3.05, 3.63) is 42.0 Å². The molecule has 0 amide bonds. The topological polar surface area (TPSA) is 48.3 Å². The third kappa shape index (κ3) is 3.11. The fourth-order valence-electron chi connectivity index (χ4n) is 2.10. The number of aromatic nitrogens is 2. The Labute approximate surface area is 119 Å². The Hall–Kier alpha value is -2.01. The smallest absolute Gasteiger partial charge is 0.127 e. The maximum Gasteiger partial charge on any atom is 0.127 e. The number of hydrogen-bond donors (Lipinski definition) is 1. The van der Waals surface area contributed by atoms with Crippen LogP contribution >= 0.6 is 0 Å². The van der Waals surface area contributed by atoms with Gasteiger partial charge >= 0.3 is 0 Å². The number of benzene rings is 1. The van der Waals surface area contributed by atoms with Crippen LogP contribution in [0.1, 0.15) is 24.4 Å². The molecule has 2 aromatic rings. The first-order chi connectivity index (χ1) is 9.65. The van der Waals surface area contributed by atoms with Crippen LogP contribution in [-0.4, -0.2) is 23.8 Å². The number of imidazole rings is 1. The summed E-state index contributed by atoms with van der Waals surface area (Å²) in [5.74, 6) is 2.62. The van der Waals surface area contributed by atoms with Crippen LogP contribution in [0.25, 0.3) is 0 Å². The van der Waals surface area contributed by atoms with E-state index in [2.05, 4.69) is 17.2 Å². The van der Waals surface area contributed by atoms with Crippen molar-refractivity contribution in [1.29, 1.82) is 0 Å². The Balaban J connectivity index is 2.08. The molecule has 0 bridgehead atoms. The van der Waals surface area contributed by atoms with E-state index < -0.39 is 0 Å². The average Bonchev–Trinajstić information content (AvgIpc) is 2.89. The summed E-state index contributed by atoms with van der Waals surface area (Å²) in [7, 11) is 5.31. The lowest BCUT2D eigenvalue weighted by atomic mass is 10.1. The molecule has 1 unspecified atom stereocenters. The van der Waals surface area contributed by atoms with E-state index in [-0.39, 0.29) is 6.04 Å². The molecule has 0 aliphatic rings. The minimum Gasteiger partial charge on any atom is -0.497 e. The van der Waals surface area contributed by atoms with E-state index in [1.807, 2.05) is 36.0 Å². The monoisotopic (exact) mass is 275 g/mol. The highest BCUT2D eigenvalue weighted by Crippen LogP contribution is 2.29. The minimum atomic E-state index is 0.160. The predicted molar refractivity (Wildman–Crippen MR) is 78.0 cm³/mol. The van der Waals surface area contributed by atoms with Gasteiger partial charge in [-0.15, -0.1) is 0 Å². The van der Waals surface area contributed by atoms with Gasteiger partial charge in [0.2, 0.25) is 0 Å². The third-order valence-corrected chi connectivity index (χ3v) is 3.39. The minimum absolute atomic E-state index is 0.160. The Bertz CT molecular complexity index is 566. The third-order valence-electron chi connectivity index (χ3n) is 3.39. The summed E-state index contributed by atoms with van der Waals surface area (Å²) >= 11 is 0. The van der Waals surface area contributed by atoms with Crippen molar-refractivity contribution in [3.8, 4) is 11.5 Å². The molecule has 0 radical (unpaired) electrons. The second-order valence-corrected chi connectivity index (χ2v) is 4.66. The molecule has 5 heteroatoms. The summed E-state index contributed by atoms with van der Waals surface area (Å²) in [6, 6.07) is 6.02. The lowest BCUT2D eigenvalue weighted by Crippen LogP contribution is -2.20. The van der Waals surface area contributed by atoms with Gasteiger partial charge in [0.15, 0.2) is 0 Å². The first-order valence-electron chi connectivity index (χ1n) is 6.57. The van der Waals surface area contributed by atoms with Crippen LogP contribution in [0, 0.1) is 0 Å². The molecule has 1 aromatic carbocycles. The summed E-state index contributed by atoms with van der Waals surface area (Å²) in [6.07, 6.45) is 3.74. The molecule has 1 atom stereocenters. The first kappa shape index (κ1) is 14.4. The highest BCUT2D eigenvalue weighted by atomic mass is 16.5. The SMILES string of the molecule is COc1ccc(C(C)NCc2nccn2C)c(OC)c1. The second kappa shape index (κ2) is 6.43. The molecular weight excluding hydrogens is 254 g/mol. The first-order valence-corrected chi connectivity index (χ1v) is 6.57. The van der Waals surface area contributed by atoms with Gasteiger partial charge in [-0.3, -0.25) is 0 Å². The number of aryl methyl sites for hydroxylation is 1. The van der Waals surface area contributed by atoms with Crippen molar-refractivity contribution in [2.45, 2.75) is 19.5 Å². The van der Waals surface area contributed by atoms with Crippen molar-refractivity contribution >= 4 is 0 Å². The Kier molecular flexibility index (Phi) is 4.63. The average molecular weight is 275 g/mol. The Morgan fingerprint density at radius 1 is 1.30 bits per heavy atom. The summed E-state index contributed by atoms with van der Waals surface area (Å²) in [4.78, 5) is 4.30. The van der Waals surface area contributed by atoms with Gasteiger partial charge in [-0.05, 0) is 13.0 Å². The van der Waals surface area contributed by atoms with E-state index in [1.54, 1.807) is 20.4 Å². The Morgan fingerprint density at radius 2 is 2.10 bits per heavy atom. The Morgan fingerprint density at radius 3 is 2.70 bits per heavy atom. The maximum absolute atomic E-state index is 5.43. The zero-order chi connectivity index (χ0) is 14.5. The number of rotatable bonds is 6. The van der Waals surface area contributed by atoms with Crippen LogP contribution in [-0.2, 0) is 13.6 Å². The summed E-state index contributed by atoms with van der Waals surface area (Å²) < 4.78 is 12.6. The van der Waals surface area contributed by atoms with Gasteiger partial charge < -0.3 is 19.4 Å². The van der Waals surface area contributed by atoms with Crippen LogP contribution in [0.5, 0.6) is 11.5 Å². The highest BCUT2D eigenvalue weighted by molar-refractivity contribution is 5.42. The van der Waals surface area contributed by atoms with E-state index in [1.165, 1.54) is 0 Å². The molecule has 108 valence electrons. The molecule has 0 fully saturated rings. The molecule has 2 rings (SSSR count). The van der Waals surface area contributed by atoms with E-state index >= 15 is 0 Å². The molecule has 0 spiro atoms. The van der Waals surface area contributed by atoms with Crippen molar-refractivity contribution in [2.75, 3.05) is 14.2 Å². The largest absolute Gasteiger partial charge is 0.497 e. The molecule has 1 N–H and O–H groups in total. The van der Waals surface area contributed by atoms with Gasteiger partial charge in [-0.1, -0.05) is 6.07 Å². The van der Waals surface area contributed by atoms with E-state index in [0.29, 0.717) is 6.54 Å². The summed E-state index contributed by atoms with van der Waals surface area (Å²) in [5, 5.41) is 3.45. The molecule has 20 heavy (non-hydrogen) atoms. The number of nitrogens with one attached hydrogen (secondary N) is 1. The normalized spacial score (nSPS) is 12.2. The summed E-state index contributed by atoms with van der Waals surface area (Å²) in [6.45, 7) is 2.81. The lowest BCUT2D eigenvalue weighted by Gasteiger charge is -2.18. The number of ether oxygens (including phenoxy) is 2. The number of nitrogens with zero attached hydrogens (tertiary/aromatic N) is 2. The maximum atomic E-state index is 5.43. The molecule has 1 heterocycles. The number of hydrogen-bond acceptors (Lipinski definition) is 4. The van der Waals surface area contributed by atoms with Crippen LogP contribution in [0.15, 0.2) is 30.6 Å². The molecule has 0 saturated heterocycles. The van der Waals surface area contributed by atoms with E-state index in [9.17, 15) is 0 Å². The number of methoxy groups -OCH3 is 2. The standard InChI is InChI=1S/C15H21N3O2/c1-11(17-10-15-16-7-8-18(15)2)13-6-5-12(19-3)9-14(13)20-4/h5-9,11,17H,10H2,1-4H3. The lowest BCUT2D eigenvalue weighted by molar-refractivity contribution is 0.385. The van der Waals surface area contributed by atoms with Gasteiger partial charge in [0.05, 0.1) is 20.8 Å². The van der Waals surface area contributed by atoms with Crippen molar-refractivity contribution in [2.24, 2.45) is 7.05 Å². The molecule has 5 nitrogen and oxygen atoms in total. The molecule has 1 aromatic heterocycles. The predicted octanol–water partition coefficient (Wildman–Crippen LogP) is 2.29. The van der Waals surface area contributed by atoms with Gasteiger partial charge in [0.25, 0.3) is 0 Å². The molecule has 0 saturated carbocycles. The van der Waals surface area contributed by atoms with Crippen LogP contribution < -0.4 is 14.8 Å². The van der Waals surface area contributed by atoms with Gasteiger partial charge in [-0.2, -0.15) is 0 Å². The van der Waals surface area contributed by atoms with E-state index in [4.69, 9.17) is 9.47 Å². The zero-order valence-corrected chi connectivity index (χ0v) is 12.4. The van der Waals surface area contributed by atoms with Crippen molar-refractivity contribution in [3.63, 3.8) is 0 Å². The highest BCUT2D eigenvalue weighted by Gasteiger charge is 2.12. The molecular formula is C15H21N3O2. The van der Waals surface area contributed by atoms with Crippen molar-refractivity contribution < 1.29 is 9.47 Å². The van der Waals surface area contributed by atoms with Gasteiger partial charge in [0.1, 0.15) is 17.3 Å². The zero-order valence-electron chi connectivity index (χ0n) is 12.4. The van der Waals surface area contributed by atoms with Crippen molar-refractivity contribution in [1.82, 2.24) is 14.9 Å². The summed E-state index contributed by atoms with van der Waals surface area (Å²) in [5.41, 5.74) is 1.10. The van der Waals surface area contributed by atoms with E-state index in [0.717, 1.165) is 22.9 Å². The van der Waals surface area contributed by atoms with Gasteiger partial charge in [-0.25, -0.2) is 4.98 Å². The fraction of sp³-hybridized carbons (Fsp3) is 0.400. The molecule has 0 aliphatic carbocycles. The van der Waals surface area contributed by atoms with Crippen LogP contribution in [0.4, 0.5) is 0 Å². The quantitative estimate of drug-likeness (QED) is 0.878. The second-order valence-electron chi connectivity index (χ2n) is 4.66. The van der Waals surface area contributed by atoms with Crippen LogP contribution in [0.2, 0.25) is 0 Å².